The van der Waals surface area contributed by atoms with E-state index in [1.165, 1.54) is 18.1 Å². The zero-order chi connectivity index (χ0) is 11.7. The maximum absolute atomic E-state index is 11.1. The normalized spacial score (nSPS) is 10.4. The van der Waals surface area contributed by atoms with E-state index in [-0.39, 0.29) is 5.78 Å². The van der Waals surface area contributed by atoms with E-state index < -0.39 is 0 Å². The molecule has 0 atom stereocenters. The van der Waals surface area contributed by atoms with E-state index in [0.29, 0.717) is 11.5 Å². The highest BCUT2D eigenvalue weighted by molar-refractivity contribution is 5.92. The van der Waals surface area contributed by atoms with Gasteiger partial charge in [0.05, 0.1) is 0 Å². The molecule has 16 heavy (non-hydrogen) atoms. The quantitative estimate of drug-likeness (QED) is 0.723. The summed E-state index contributed by atoms with van der Waals surface area (Å²) >= 11 is 0. The van der Waals surface area contributed by atoms with Crippen LogP contribution >= 0.6 is 0 Å². The molecule has 3 heteroatoms. The van der Waals surface area contributed by atoms with Gasteiger partial charge in [-0.15, -0.1) is 0 Å². The zero-order valence-corrected chi connectivity index (χ0v) is 9.57. The fraction of sp³-hybridized carbons (Fsp3) is 0.231. The summed E-state index contributed by atoms with van der Waals surface area (Å²) in [6.07, 6.45) is 0. The van der Waals surface area contributed by atoms with E-state index in [4.69, 9.17) is 4.52 Å². The number of carbonyl (C=O) groups excluding carboxylic acids is 1. The van der Waals surface area contributed by atoms with E-state index in [2.05, 4.69) is 12.1 Å². The molecular weight excluding hydrogens is 202 g/mol. The third-order valence-corrected chi connectivity index (χ3v) is 2.66. The molecule has 0 aliphatic heterocycles. The highest BCUT2D eigenvalue weighted by atomic mass is 16.5. The van der Waals surface area contributed by atoms with Crippen molar-refractivity contribution in [1.82, 2.24) is 5.16 Å². The number of Topliss-reactive ketones (excluding diaryl/α,β-unsaturated/α-hetero) is 1. The first kappa shape index (κ1) is 10.6. The van der Waals surface area contributed by atoms with Gasteiger partial charge in [-0.2, -0.15) is 0 Å². The summed E-state index contributed by atoms with van der Waals surface area (Å²) < 4.78 is 5.14. The first-order valence-corrected chi connectivity index (χ1v) is 5.13. The largest absolute Gasteiger partial charge is 0.356 e. The minimum absolute atomic E-state index is 0.0844. The Kier molecular flexibility index (Phi) is 2.60. The first-order chi connectivity index (χ1) is 7.58. The van der Waals surface area contributed by atoms with Crippen molar-refractivity contribution in [3.8, 4) is 11.3 Å². The zero-order valence-electron chi connectivity index (χ0n) is 9.57. The number of nitrogens with zero attached hydrogens (tertiary/aromatic N) is 1. The summed E-state index contributed by atoms with van der Waals surface area (Å²) in [5.41, 5.74) is 3.74. The second-order valence-corrected chi connectivity index (χ2v) is 3.93. The lowest BCUT2D eigenvalue weighted by Gasteiger charge is -2.01. The maximum atomic E-state index is 11.1. The number of aromatic nitrogens is 1. The van der Waals surface area contributed by atoms with Crippen LogP contribution in [0.25, 0.3) is 11.3 Å². The van der Waals surface area contributed by atoms with Gasteiger partial charge in [-0.1, -0.05) is 17.3 Å². The maximum Gasteiger partial charge on any atom is 0.181 e. The summed E-state index contributed by atoms with van der Waals surface area (Å²) in [6.45, 7) is 5.57. The molecule has 1 aromatic heterocycles. The van der Waals surface area contributed by atoms with Gasteiger partial charge in [-0.05, 0) is 31.0 Å². The van der Waals surface area contributed by atoms with Crippen LogP contribution in [0, 0.1) is 13.8 Å². The van der Waals surface area contributed by atoms with Crippen molar-refractivity contribution in [2.75, 3.05) is 0 Å². The van der Waals surface area contributed by atoms with Gasteiger partial charge in [-0.3, -0.25) is 4.79 Å². The molecule has 0 amide bonds. The molecule has 0 N–H and O–H groups in total. The highest BCUT2D eigenvalue weighted by Crippen LogP contribution is 2.22. The lowest BCUT2D eigenvalue weighted by Crippen LogP contribution is -1.89. The van der Waals surface area contributed by atoms with Crippen LogP contribution < -0.4 is 0 Å². The average molecular weight is 215 g/mol. The number of hydrogen-bond donors (Lipinski definition) is 0. The van der Waals surface area contributed by atoms with Gasteiger partial charge >= 0.3 is 0 Å². The standard InChI is InChI=1S/C13H13NO2/c1-8-4-5-11(6-9(8)2)13-7-12(10(3)15)14-16-13/h4-7H,1-3H3. The Hall–Kier alpha value is -1.90. The summed E-state index contributed by atoms with van der Waals surface area (Å²) in [6, 6.07) is 7.69. The third-order valence-electron chi connectivity index (χ3n) is 2.66. The summed E-state index contributed by atoms with van der Waals surface area (Å²) in [5.74, 6) is 0.548. The van der Waals surface area contributed by atoms with Crippen LogP contribution in [0.15, 0.2) is 28.8 Å². The van der Waals surface area contributed by atoms with Crippen LogP contribution in [0.5, 0.6) is 0 Å². The Balaban J connectivity index is 2.42. The Morgan fingerprint density at radius 3 is 2.50 bits per heavy atom. The molecule has 1 aromatic carbocycles. The summed E-state index contributed by atoms with van der Waals surface area (Å²) in [7, 11) is 0. The minimum Gasteiger partial charge on any atom is -0.356 e. The number of ketones is 1. The molecule has 0 fully saturated rings. The summed E-state index contributed by atoms with van der Waals surface area (Å²) in [4.78, 5) is 11.1. The van der Waals surface area contributed by atoms with Crippen LogP contribution in [0.1, 0.15) is 28.5 Å². The number of rotatable bonds is 2. The van der Waals surface area contributed by atoms with Crippen molar-refractivity contribution < 1.29 is 9.32 Å². The SMILES string of the molecule is CC(=O)c1cc(-c2ccc(C)c(C)c2)on1. The molecule has 0 radical (unpaired) electrons. The van der Waals surface area contributed by atoms with Crippen molar-refractivity contribution in [2.24, 2.45) is 0 Å². The Labute approximate surface area is 94.1 Å². The van der Waals surface area contributed by atoms with Crippen LogP contribution in [-0.4, -0.2) is 10.9 Å². The molecule has 3 nitrogen and oxygen atoms in total. The molecule has 0 bridgehead atoms. The van der Waals surface area contributed by atoms with Crippen LogP contribution in [0.2, 0.25) is 0 Å². The molecule has 0 unspecified atom stereocenters. The predicted octanol–water partition coefficient (Wildman–Crippen LogP) is 3.16. The fourth-order valence-electron chi connectivity index (χ4n) is 1.47. The fourth-order valence-corrected chi connectivity index (χ4v) is 1.47. The Bertz CT molecular complexity index is 541. The van der Waals surface area contributed by atoms with Gasteiger partial charge in [0.25, 0.3) is 0 Å². The van der Waals surface area contributed by atoms with E-state index in [1.807, 2.05) is 25.1 Å². The highest BCUT2D eigenvalue weighted by Gasteiger charge is 2.10. The number of aryl methyl sites for hydroxylation is 2. The van der Waals surface area contributed by atoms with Gasteiger partial charge in [0.2, 0.25) is 0 Å². The molecular formula is C13H13NO2. The molecule has 2 rings (SSSR count). The lowest BCUT2D eigenvalue weighted by molar-refractivity contribution is 0.100. The molecule has 1 heterocycles. The van der Waals surface area contributed by atoms with Gasteiger partial charge in [-0.25, -0.2) is 0 Å². The molecule has 2 aromatic rings. The first-order valence-electron chi connectivity index (χ1n) is 5.13. The second kappa shape index (κ2) is 3.93. The summed E-state index contributed by atoms with van der Waals surface area (Å²) in [5, 5.41) is 3.72. The number of benzene rings is 1. The van der Waals surface area contributed by atoms with Gasteiger partial charge < -0.3 is 4.52 Å². The molecule has 0 saturated heterocycles. The molecule has 0 saturated carbocycles. The van der Waals surface area contributed by atoms with Crippen LogP contribution in [0.3, 0.4) is 0 Å². The van der Waals surface area contributed by atoms with Crippen molar-refractivity contribution in [3.63, 3.8) is 0 Å². The topological polar surface area (TPSA) is 43.1 Å². The monoisotopic (exact) mass is 215 g/mol. The number of carbonyl (C=O) groups is 1. The molecule has 0 spiro atoms. The minimum atomic E-state index is -0.0844. The Morgan fingerprint density at radius 1 is 1.19 bits per heavy atom. The van der Waals surface area contributed by atoms with Gasteiger partial charge in [0.15, 0.2) is 11.5 Å². The molecule has 82 valence electrons. The van der Waals surface area contributed by atoms with Gasteiger partial charge in [0, 0.05) is 18.6 Å². The number of hydrogen-bond acceptors (Lipinski definition) is 3. The average Bonchev–Trinajstić information content (AvgIpc) is 2.71. The van der Waals surface area contributed by atoms with Crippen molar-refractivity contribution in [1.29, 1.82) is 0 Å². The molecule has 0 aliphatic carbocycles. The van der Waals surface area contributed by atoms with Crippen LogP contribution in [-0.2, 0) is 0 Å². The van der Waals surface area contributed by atoms with Crippen molar-refractivity contribution >= 4 is 5.78 Å². The third kappa shape index (κ3) is 1.89. The molecule has 0 aliphatic rings. The van der Waals surface area contributed by atoms with Gasteiger partial charge in [0.1, 0.15) is 5.69 Å². The second-order valence-electron chi connectivity index (χ2n) is 3.93. The lowest BCUT2D eigenvalue weighted by atomic mass is 10.0. The smallest absolute Gasteiger partial charge is 0.181 e. The van der Waals surface area contributed by atoms with E-state index in [1.54, 1.807) is 6.07 Å². The van der Waals surface area contributed by atoms with E-state index in [9.17, 15) is 4.79 Å². The van der Waals surface area contributed by atoms with E-state index >= 15 is 0 Å². The predicted molar refractivity (Wildman–Crippen MR) is 61.4 cm³/mol. The van der Waals surface area contributed by atoms with Crippen LogP contribution in [0.4, 0.5) is 0 Å². The Morgan fingerprint density at radius 2 is 1.94 bits per heavy atom. The van der Waals surface area contributed by atoms with Crippen molar-refractivity contribution in [3.05, 3.63) is 41.1 Å². The van der Waals surface area contributed by atoms with Crippen molar-refractivity contribution in [2.45, 2.75) is 20.8 Å². The van der Waals surface area contributed by atoms with E-state index in [0.717, 1.165) is 5.56 Å².